The second kappa shape index (κ2) is 5.41. The molecule has 0 spiro atoms. The van der Waals surface area contributed by atoms with E-state index in [0.717, 1.165) is 43.2 Å². The van der Waals surface area contributed by atoms with Crippen LogP contribution in [-0.2, 0) is 10.0 Å². The molecule has 0 aliphatic heterocycles. The van der Waals surface area contributed by atoms with Crippen molar-refractivity contribution >= 4 is 21.4 Å². The molecule has 1 fully saturated rings. The van der Waals surface area contributed by atoms with Gasteiger partial charge in [-0.3, -0.25) is 4.72 Å². The monoisotopic (exact) mass is 282 g/mol. The van der Waals surface area contributed by atoms with Crippen molar-refractivity contribution < 1.29 is 8.42 Å². The lowest BCUT2D eigenvalue weighted by Gasteiger charge is -2.24. The third kappa shape index (κ3) is 3.03. The molecule has 5 heteroatoms. The van der Waals surface area contributed by atoms with Gasteiger partial charge < -0.3 is 5.73 Å². The van der Waals surface area contributed by atoms with Gasteiger partial charge in [-0.15, -0.1) is 0 Å². The van der Waals surface area contributed by atoms with Gasteiger partial charge in [0, 0.05) is 5.69 Å². The van der Waals surface area contributed by atoms with E-state index >= 15 is 0 Å². The number of benzene rings is 1. The van der Waals surface area contributed by atoms with Crippen LogP contribution in [-0.4, -0.2) is 13.7 Å². The maximum Gasteiger partial charge on any atom is 0.235 e. The van der Waals surface area contributed by atoms with E-state index in [0.29, 0.717) is 11.4 Å². The first-order valence-electron chi connectivity index (χ1n) is 6.79. The minimum atomic E-state index is -3.30. The molecule has 0 radical (unpaired) electrons. The number of rotatable bonds is 3. The maximum absolute atomic E-state index is 12.4. The van der Waals surface area contributed by atoms with E-state index in [1.807, 2.05) is 26.0 Å². The van der Waals surface area contributed by atoms with E-state index in [9.17, 15) is 8.42 Å². The first-order chi connectivity index (χ1) is 8.92. The molecule has 106 valence electrons. The SMILES string of the molecule is Cc1ccc(N)c(C)c1NS(=O)(=O)C1CCCCC1. The molecule has 0 atom stereocenters. The van der Waals surface area contributed by atoms with Gasteiger partial charge >= 0.3 is 0 Å². The van der Waals surface area contributed by atoms with E-state index in [4.69, 9.17) is 5.73 Å². The summed E-state index contributed by atoms with van der Waals surface area (Å²) < 4.78 is 27.6. The molecular formula is C14H22N2O2S. The fraction of sp³-hybridized carbons (Fsp3) is 0.571. The number of nitrogens with two attached hydrogens (primary N) is 1. The van der Waals surface area contributed by atoms with E-state index in [-0.39, 0.29) is 5.25 Å². The molecule has 1 saturated carbocycles. The summed E-state index contributed by atoms with van der Waals surface area (Å²) in [5.74, 6) is 0. The van der Waals surface area contributed by atoms with Crippen LogP contribution < -0.4 is 10.5 Å². The van der Waals surface area contributed by atoms with Gasteiger partial charge in [0.05, 0.1) is 10.9 Å². The number of nitrogen functional groups attached to an aromatic ring is 1. The van der Waals surface area contributed by atoms with Crippen molar-refractivity contribution in [1.29, 1.82) is 0 Å². The molecule has 0 heterocycles. The molecule has 0 aromatic heterocycles. The summed E-state index contributed by atoms with van der Waals surface area (Å²) in [5, 5.41) is -0.263. The Labute approximate surface area is 115 Å². The third-order valence-corrected chi connectivity index (χ3v) is 5.79. The van der Waals surface area contributed by atoms with Gasteiger partial charge in [0.1, 0.15) is 0 Å². The molecule has 1 aliphatic carbocycles. The number of anilines is 2. The Morgan fingerprint density at radius 2 is 1.79 bits per heavy atom. The van der Waals surface area contributed by atoms with Crippen molar-refractivity contribution in [3.63, 3.8) is 0 Å². The molecule has 3 N–H and O–H groups in total. The molecular weight excluding hydrogens is 260 g/mol. The zero-order valence-electron chi connectivity index (χ0n) is 11.6. The van der Waals surface area contributed by atoms with Crippen molar-refractivity contribution in [3.8, 4) is 0 Å². The highest BCUT2D eigenvalue weighted by Crippen LogP contribution is 2.30. The summed E-state index contributed by atoms with van der Waals surface area (Å²) in [5.41, 5.74) is 8.83. The first-order valence-corrected chi connectivity index (χ1v) is 8.34. The second-order valence-electron chi connectivity index (χ2n) is 5.38. The summed E-state index contributed by atoms with van der Waals surface area (Å²) >= 11 is 0. The van der Waals surface area contributed by atoms with Crippen molar-refractivity contribution in [1.82, 2.24) is 0 Å². The first kappa shape index (κ1) is 14.2. The van der Waals surface area contributed by atoms with Gasteiger partial charge in [0.15, 0.2) is 0 Å². The number of sulfonamides is 1. The molecule has 0 amide bonds. The van der Waals surface area contributed by atoms with Gasteiger partial charge in [-0.25, -0.2) is 8.42 Å². The molecule has 1 aromatic carbocycles. The molecule has 1 aliphatic rings. The summed E-state index contributed by atoms with van der Waals surface area (Å²) in [6, 6.07) is 3.66. The normalized spacial score (nSPS) is 17.4. The Bertz CT molecular complexity index is 561. The number of hydrogen-bond acceptors (Lipinski definition) is 3. The molecule has 1 aromatic rings. The van der Waals surface area contributed by atoms with Crippen LogP contribution in [0.3, 0.4) is 0 Å². The second-order valence-corrected chi connectivity index (χ2v) is 7.34. The van der Waals surface area contributed by atoms with Gasteiger partial charge in [-0.05, 0) is 43.9 Å². The van der Waals surface area contributed by atoms with Crippen molar-refractivity contribution in [2.75, 3.05) is 10.5 Å². The predicted molar refractivity (Wildman–Crippen MR) is 79.7 cm³/mol. The minimum absolute atomic E-state index is 0.263. The summed E-state index contributed by atoms with van der Waals surface area (Å²) in [6.07, 6.45) is 4.66. The lowest BCUT2D eigenvalue weighted by atomic mass is 10.0. The highest BCUT2D eigenvalue weighted by atomic mass is 32.2. The average molecular weight is 282 g/mol. The van der Waals surface area contributed by atoms with Crippen LogP contribution in [0.25, 0.3) is 0 Å². The van der Waals surface area contributed by atoms with Crippen molar-refractivity contribution in [3.05, 3.63) is 23.3 Å². The standard InChI is InChI=1S/C14H22N2O2S/c1-10-8-9-13(15)11(2)14(10)16-19(17,18)12-6-4-3-5-7-12/h8-9,12,16H,3-7,15H2,1-2H3. The van der Waals surface area contributed by atoms with Gasteiger partial charge in [-0.1, -0.05) is 25.3 Å². The smallest absolute Gasteiger partial charge is 0.235 e. The van der Waals surface area contributed by atoms with Gasteiger partial charge in [0.2, 0.25) is 10.0 Å². The Morgan fingerprint density at radius 1 is 1.16 bits per heavy atom. The van der Waals surface area contributed by atoms with Crippen LogP contribution >= 0.6 is 0 Å². The lowest BCUT2D eigenvalue weighted by Crippen LogP contribution is -2.30. The lowest BCUT2D eigenvalue weighted by molar-refractivity contribution is 0.486. The van der Waals surface area contributed by atoms with Crippen LogP contribution in [0, 0.1) is 13.8 Å². The summed E-state index contributed by atoms with van der Waals surface area (Å²) in [4.78, 5) is 0. The Morgan fingerprint density at radius 3 is 2.42 bits per heavy atom. The van der Waals surface area contributed by atoms with Crippen LogP contribution in [0.1, 0.15) is 43.2 Å². The van der Waals surface area contributed by atoms with Gasteiger partial charge in [0.25, 0.3) is 0 Å². The minimum Gasteiger partial charge on any atom is -0.398 e. The van der Waals surface area contributed by atoms with Crippen LogP contribution in [0.15, 0.2) is 12.1 Å². The summed E-state index contributed by atoms with van der Waals surface area (Å²) in [7, 11) is -3.30. The third-order valence-electron chi connectivity index (χ3n) is 3.95. The molecule has 0 unspecified atom stereocenters. The van der Waals surface area contributed by atoms with Crippen molar-refractivity contribution in [2.45, 2.75) is 51.2 Å². The molecule has 2 rings (SSSR count). The largest absolute Gasteiger partial charge is 0.398 e. The van der Waals surface area contributed by atoms with E-state index in [1.54, 1.807) is 0 Å². The summed E-state index contributed by atoms with van der Waals surface area (Å²) in [6.45, 7) is 3.74. The van der Waals surface area contributed by atoms with Crippen LogP contribution in [0.2, 0.25) is 0 Å². The Kier molecular flexibility index (Phi) is 4.04. The Balaban J connectivity index is 2.27. The number of nitrogens with one attached hydrogen (secondary N) is 1. The zero-order valence-corrected chi connectivity index (χ0v) is 12.4. The van der Waals surface area contributed by atoms with Crippen molar-refractivity contribution in [2.24, 2.45) is 0 Å². The number of hydrogen-bond donors (Lipinski definition) is 2. The maximum atomic E-state index is 12.4. The molecule has 0 bridgehead atoms. The topological polar surface area (TPSA) is 72.2 Å². The fourth-order valence-electron chi connectivity index (χ4n) is 2.62. The van der Waals surface area contributed by atoms with Crippen LogP contribution in [0.4, 0.5) is 11.4 Å². The average Bonchev–Trinajstić information content (AvgIpc) is 2.40. The predicted octanol–water partition coefficient (Wildman–Crippen LogP) is 2.96. The van der Waals surface area contributed by atoms with Crippen LogP contribution in [0.5, 0.6) is 0 Å². The molecule has 0 saturated heterocycles. The van der Waals surface area contributed by atoms with E-state index in [2.05, 4.69) is 4.72 Å². The van der Waals surface area contributed by atoms with E-state index in [1.165, 1.54) is 0 Å². The molecule has 19 heavy (non-hydrogen) atoms. The highest BCUT2D eigenvalue weighted by Gasteiger charge is 2.28. The van der Waals surface area contributed by atoms with Gasteiger partial charge in [-0.2, -0.15) is 0 Å². The quantitative estimate of drug-likeness (QED) is 0.837. The Hall–Kier alpha value is -1.23. The number of aryl methyl sites for hydroxylation is 1. The highest BCUT2D eigenvalue weighted by molar-refractivity contribution is 7.93. The fourth-order valence-corrected chi connectivity index (χ4v) is 4.34. The molecule has 4 nitrogen and oxygen atoms in total. The zero-order chi connectivity index (χ0) is 14.0. The van der Waals surface area contributed by atoms with E-state index < -0.39 is 10.0 Å².